The molecule has 1 aliphatic heterocycles. The van der Waals surface area contributed by atoms with Crippen LogP contribution in [0.15, 0.2) is 30.6 Å². The average Bonchev–Trinajstić information content (AvgIpc) is 2.62. The van der Waals surface area contributed by atoms with E-state index in [2.05, 4.69) is 45.1 Å². The molecule has 1 saturated heterocycles. The van der Waals surface area contributed by atoms with Crippen molar-refractivity contribution in [1.82, 2.24) is 15.0 Å². The second-order valence-corrected chi connectivity index (χ2v) is 6.68. The van der Waals surface area contributed by atoms with Gasteiger partial charge in [-0.3, -0.25) is 4.98 Å². The van der Waals surface area contributed by atoms with Crippen LogP contribution in [0.25, 0.3) is 0 Å². The predicted octanol–water partition coefficient (Wildman–Crippen LogP) is 2.49. The molecule has 25 heavy (non-hydrogen) atoms. The second-order valence-electron chi connectivity index (χ2n) is 6.68. The SMILES string of the molecule is CC(C)C[C@@H](Nc1cc(N2CCOCC2)nc(N)n1)c1cccnc1. The van der Waals surface area contributed by atoms with E-state index in [1.165, 1.54) is 0 Å². The summed E-state index contributed by atoms with van der Waals surface area (Å²) in [6, 6.07) is 6.13. The van der Waals surface area contributed by atoms with Crippen molar-refractivity contribution in [2.45, 2.75) is 26.3 Å². The zero-order chi connectivity index (χ0) is 17.6. The topological polar surface area (TPSA) is 89.2 Å². The van der Waals surface area contributed by atoms with Crippen LogP contribution in [0.3, 0.4) is 0 Å². The minimum Gasteiger partial charge on any atom is -0.378 e. The number of nitrogens with one attached hydrogen (secondary N) is 1. The first kappa shape index (κ1) is 17.4. The third-order valence-electron chi connectivity index (χ3n) is 4.18. The number of nitrogens with zero attached hydrogens (tertiary/aromatic N) is 4. The third-order valence-corrected chi connectivity index (χ3v) is 4.18. The molecule has 3 heterocycles. The van der Waals surface area contributed by atoms with E-state index < -0.39 is 0 Å². The number of nitrogen functional groups attached to an aromatic ring is 1. The lowest BCUT2D eigenvalue weighted by Crippen LogP contribution is -2.37. The fourth-order valence-electron chi connectivity index (χ4n) is 2.99. The zero-order valence-corrected chi connectivity index (χ0v) is 14.9. The van der Waals surface area contributed by atoms with Gasteiger partial charge in [0.05, 0.1) is 19.3 Å². The molecule has 2 aromatic rings. The Hall–Kier alpha value is -2.41. The van der Waals surface area contributed by atoms with Crippen molar-refractivity contribution >= 4 is 17.6 Å². The molecule has 2 aromatic heterocycles. The molecule has 0 amide bonds. The largest absolute Gasteiger partial charge is 0.378 e. The Bertz CT molecular complexity index is 673. The highest BCUT2D eigenvalue weighted by atomic mass is 16.5. The summed E-state index contributed by atoms with van der Waals surface area (Å²) < 4.78 is 5.41. The molecule has 0 unspecified atom stereocenters. The van der Waals surface area contributed by atoms with Gasteiger partial charge in [0.25, 0.3) is 0 Å². The van der Waals surface area contributed by atoms with Gasteiger partial charge in [-0.15, -0.1) is 0 Å². The Morgan fingerprint density at radius 3 is 2.76 bits per heavy atom. The normalized spacial score (nSPS) is 16.0. The molecular formula is C18H26N6O. The summed E-state index contributed by atoms with van der Waals surface area (Å²) in [5.74, 6) is 2.40. The Morgan fingerprint density at radius 1 is 1.28 bits per heavy atom. The van der Waals surface area contributed by atoms with E-state index in [-0.39, 0.29) is 12.0 Å². The number of ether oxygens (including phenoxy) is 1. The standard InChI is InChI=1S/C18H26N6O/c1-13(2)10-15(14-4-3-5-20-12-14)21-16-11-17(23-18(19)22-16)24-6-8-25-9-7-24/h3-5,11-13,15H,6-10H2,1-2H3,(H3,19,21,22,23)/t15-/m1/s1. The molecule has 1 aliphatic rings. The minimum absolute atomic E-state index is 0.125. The molecule has 7 heteroatoms. The van der Waals surface area contributed by atoms with Gasteiger partial charge in [-0.2, -0.15) is 9.97 Å². The highest BCUT2D eigenvalue weighted by Crippen LogP contribution is 2.26. The van der Waals surface area contributed by atoms with E-state index in [4.69, 9.17) is 10.5 Å². The van der Waals surface area contributed by atoms with Gasteiger partial charge in [-0.1, -0.05) is 19.9 Å². The Kier molecular flexibility index (Phi) is 5.65. The zero-order valence-electron chi connectivity index (χ0n) is 14.9. The van der Waals surface area contributed by atoms with Gasteiger partial charge in [0.15, 0.2) is 0 Å². The Balaban J connectivity index is 1.82. The molecule has 1 fully saturated rings. The molecule has 3 N–H and O–H groups in total. The first-order valence-electron chi connectivity index (χ1n) is 8.75. The third kappa shape index (κ3) is 4.79. The quantitative estimate of drug-likeness (QED) is 0.833. The molecule has 0 aliphatic carbocycles. The van der Waals surface area contributed by atoms with E-state index in [0.717, 1.165) is 36.7 Å². The maximum atomic E-state index is 5.95. The second kappa shape index (κ2) is 8.11. The van der Waals surface area contributed by atoms with Crippen molar-refractivity contribution in [2.75, 3.05) is 42.3 Å². The maximum absolute atomic E-state index is 5.95. The fourth-order valence-corrected chi connectivity index (χ4v) is 2.99. The molecule has 0 aromatic carbocycles. The van der Waals surface area contributed by atoms with Crippen molar-refractivity contribution < 1.29 is 4.74 Å². The van der Waals surface area contributed by atoms with E-state index in [1.54, 1.807) is 6.20 Å². The average molecular weight is 342 g/mol. The molecule has 0 saturated carbocycles. The van der Waals surface area contributed by atoms with E-state index in [9.17, 15) is 0 Å². The van der Waals surface area contributed by atoms with Crippen LogP contribution in [-0.4, -0.2) is 41.3 Å². The summed E-state index contributed by atoms with van der Waals surface area (Å²) in [6.07, 6.45) is 4.66. The van der Waals surface area contributed by atoms with Crippen LogP contribution in [0.1, 0.15) is 31.9 Å². The summed E-state index contributed by atoms with van der Waals surface area (Å²) in [6.45, 7) is 7.45. The number of anilines is 3. The molecule has 1 atom stereocenters. The summed E-state index contributed by atoms with van der Waals surface area (Å²) in [4.78, 5) is 15.2. The summed E-state index contributed by atoms with van der Waals surface area (Å²) in [5, 5.41) is 3.52. The van der Waals surface area contributed by atoms with Crippen molar-refractivity contribution in [1.29, 1.82) is 0 Å². The number of rotatable bonds is 6. The van der Waals surface area contributed by atoms with E-state index >= 15 is 0 Å². The number of nitrogens with two attached hydrogens (primary N) is 1. The molecule has 134 valence electrons. The summed E-state index contributed by atoms with van der Waals surface area (Å²) >= 11 is 0. The smallest absolute Gasteiger partial charge is 0.223 e. The first-order chi connectivity index (χ1) is 12.1. The highest BCUT2D eigenvalue weighted by molar-refractivity contribution is 5.53. The molecule has 0 spiro atoms. The lowest BCUT2D eigenvalue weighted by atomic mass is 9.98. The molecule has 0 bridgehead atoms. The Labute approximate surface area is 148 Å². The molecule has 7 nitrogen and oxygen atoms in total. The van der Waals surface area contributed by atoms with Crippen molar-refractivity contribution in [2.24, 2.45) is 5.92 Å². The van der Waals surface area contributed by atoms with Crippen LogP contribution in [0, 0.1) is 5.92 Å². The highest BCUT2D eigenvalue weighted by Gasteiger charge is 2.18. The van der Waals surface area contributed by atoms with E-state index in [0.29, 0.717) is 19.1 Å². The van der Waals surface area contributed by atoms with Crippen LogP contribution < -0.4 is 16.0 Å². The monoisotopic (exact) mass is 342 g/mol. The number of pyridine rings is 1. The number of morpholine rings is 1. The van der Waals surface area contributed by atoms with E-state index in [1.807, 2.05) is 18.3 Å². The van der Waals surface area contributed by atoms with Crippen molar-refractivity contribution in [3.05, 3.63) is 36.2 Å². The number of hydrogen-bond donors (Lipinski definition) is 2. The van der Waals surface area contributed by atoms with Gasteiger partial charge in [-0.25, -0.2) is 0 Å². The first-order valence-corrected chi connectivity index (χ1v) is 8.75. The lowest BCUT2D eigenvalue weighted by molar-refractivity contribution is 0.122. The molecule has 3 rings (SSSR count). The van der Waals surface area contributed by atoms with Crippen LogP contribution in [0.5, 0.6) is 0 Å². The van der Waals surface area contributed by atoms with Gasteiger partial charge in [0, 0.05) is 31.5 Å². The molecular weight excluding hydrogens is 316 g/mol. The van der Waals surface area contributed by atoms with Gasteiger partial charge < -0.3 is 20.7 Å². The fraction of sp³-hybridized carbons (Fsp3) is 0.500. The van der Waals surface area contributed by atoms with Gasteiger partial charge in [0.2, 0.25) is 5.95 Å². The van der Waals surface area contributed by atoms with Crippen molar-refractivity contribution in [3.63, 3.8) is 0 Å². The molecule has 0 radical (unpaired) electrons. The Morgan fingerprint density at radius 2 is 2.08 bits per heavy atom. The number of hydrogen-bond acceptors (Lipinski definition) is 7. The number of aromatic nitrogens is 3. The van der Waals surface area contributed by atoms with Gasteiger partial charge >= 0.3 is 0 Å². The van der Waals surface area contributed by atoms with Crippen LogP contribution >= 0.6 is 0 Å². The minimum atomic E-state index is 0.125. The summed E-state index contributed by atoms with van der Waals surface area (Å²) in [5.41, 5.74) is 7.09. The van der Waals surface area contributed by atoms with Gasteiger partial charge in [0.1, 0.15) is 11.6 Å². The van der Waals surface area contributed by atoms with Crippen molar-refractivity contribution in [3.8, 4) is 0 Å². The predicted molar refractivity (Wildman–Crippen MR) is 99.5 cm³/mol. The summed E-state index contributed by atoms with van der Waals surface area (Å²) in [7, 11) is 0. The maximum Gasteiger partial charge on any atom is 0.223 e. The van der Waals surface area contributed by atoms with Crippen LogP contribution in [0.4, 0.5) is 17.6 Å². The van der Waals surface area contributed by atoms with Crippen LogP contribution in [-0.2, 0) is 4.74 Å². The lowest BCUT2D eigenvalue weighted by Gasteiger charge is -2.28. The van der Waals surface area contributed by atoms with Crippen LogP contribution in [0.2, 0.25) is 0 Å². The van der Waals surface area contributed by atoms with Gasteiger partial charge in [-0.05, 0) is 24.0 Å².